The Balaban J connectivity index is 1.84. The van der Waals surface area contributed by atoms with E-state index in [-0.39, 0.29) is 43.1 Å². The van der Waals surface area contributed by atoms with Crippen LogP contribution in [0.1, 0.15) is 36.2 Å². The minimum absolute atomic E-state index is 0.201. The van der Waals surface area contributed by atoms with E-state index < -0.39 is 5.92 Å². The number of para-hydroxylation sites is 1. The summed E-state index contributed by atoms with van der Waals surface area (Å²) in [7, 11) is 0. The van der Waals surface area contributed by atoms with Crippen molar-refractivity contribution in [2.75, 3.05) is 0 Å². The molecule has 2 aromatic rings. The summed E-state index contributed by atoms with van der Waals surface area (Å²) >= 11 is 5.99. The van der Waals surface area contributed by atoms with Crippen molar-refractivity contribution in [3.05, 3.63) is 35.0 Å². The SMILES string of the molecule is O=C(c1cc2cccc(Cl)c2o1)C1CCC(F)(F)CC1. The molecule has 0 aliphatic heterocycles. The Labute approximate surface area is 119 Å². The average Bonchev–Trinajstić information content (AvgIpc) is 2.83. The Morgan fingerprint density at radius 1 is 1.30 bits per heavy atom. The molecule has 1 fully saturated rings. The van der Waals surface area contributed by atoms with E-state index in [0.29, 0.717) is 10.6 Å². The van der Waals surface area contributed by atoms with Crippen LogP contribution in [0.25, 0.3) is 11.0 Å². The summed E-state index contributed by atoms with van der Waals surface area (Å²) in [5.74, 6) is -3.00. The van der Waals surface area contributed by atoms with E-state index in [1.807, 2.05) is 0 Å². The molecule has 3 rings (SSSR count). The molecular formula is C15H13ClF2O2. The van der Waals surface area contributed by atoms with Gasteiger partial charge in [-0.25, -0.2) is 8.78 Å². The number of carbonyl (C=O) groups is 1. The van der Waals surface area contributed by atoms with Gasteiger partial charge in [-0.2, -0.15) is 0 Å². The maximum atomic E-state index is 13.1. The minimum Gasteiger partial charge on any atom is -0.451 e. The van der Waals surface area contributed by atoms with Gasteiger partial charge < -0.3 is 4.42 Å². The highest BCUT2D eigenvalue weighted by molar-refractivity contribution is 6.34. The van der Waals surface area contributed by atoms with Crippen LogP contribution in [0.5, 0.6) is 0 Å². The fourth-order valence-corrected chi connectivity index (χ4v) is 2.87. The van der Waals surface area contributed by atoms with E-state index in [1.54, 1.807) is 24.3 Å². The number of furan rings is 1. The van der Waals surface area contributed by atoms with Crippen LogP contribution < -0.4 is 0 Å². The zero-order valence-electron chi connectivity index (χ0n) is 10.7. The van der Waals surface area contributed by atoms with Gasteiger partial charge in [-0.3, -0.25) is 4.79 Å². The number of fused-ring (bicyclic) bond motifs is 1. The Morgan fingerprint density at radius 2 is 2.00 bits per heavy atom. The molecule has 0 amide bonds. The van der Waals surface area contributed by atoms with Crippen LogP contribution in [-0.4, -0.2) is 11.7 Å². The summed E-state index contributed by atoms with van der Waals surface area (Å²) in [6.07, 6.45) is -0.0536. The van der Waals surface area contributed by atoms with E-state index in [1.165, 1.54) is 0 Å². The number of ketones is 1. The van der Waals surface area contributed by atoms with Gasteiger partial charge >= 0.3 is 0 Å². The van der Waals surface area contributed by atoms with Gasteiger partial charge in [0.15, 0.2) is 11.3 Å². The molecule has 1 aliphatic carbocycles. The lowest BCUT2D eigenvalue weighted by Gasteiger charge is -2.26. The number of alkyl halides is 2. The third kappa shape index (κ3) is 2.44. The van der Waals surface area contributed by atoms with Gasteiger partial charge in [-0.15, -0.1) is 0 Å². The molecule has 0 radical (unpaired) electrons. The topological polar surface area (TPSA) is 30.2 Å². The fraction of sp³-hybridized carbons (Fsp3) is 0.400. The molecule has 0 unspecified atom stereocenters. The number of halogens is 3. The Kier molecular flexibility index (Phi) is 3.28. The molecule has 1 aromatic heterocycles. The first-order chi connectivity index (χ1) is 9.46. The zero-order valence-corrected chi connectivity index (χ0v) is 11.4. The van der Waals surface area contributed by atoms with Crippen LogP contribution in [-0.2, 0) is 0 Å². The van der Waals surface area contributed by atoms with Crippen LogP contribution in [0.2, 0.25) is 5.02 Å². The lowest BCUT2D eigenvalue weighted by atomic mass is 9.83. The minimum atomic E-state index is -2.63. The molecule has 0 atom stereocenters. The van der Waals surface area contributed by atoms with Crippen LogP contribution >= 0.6 is 11.6 Å². The number of benzene rings is 1. The van der Waals surface area contributed by atoms with Gasteiger partial charge in [0.2, 0.25) is 11.7 Å². The van der Waals surface area contributed by atoms with Crippen LogP contribution in [0.3, 0.4) is 0 Å². The monoisotopic (exact) mass is 298 g/mol. The van der Waals surface area contributed by atoms with E-state index in [0.717, 1.165) is 5.39 Å². The highest BCUT2D eigenvalue weighted by Gasteiger charge is 2.38. The molecule has 106 valence electrons. The van der Waals surface area contributed by atoms with Crippen LogP contribution in [0.4, 0.5) is 8.78 Å². The summed E-state index contributed by atoms with van der Waals surface area (Å²) in [6.45, 7) is 0. The third-order valence-corrected chi connectivity index (χ3v) is 4.12. The number of carbonyl (C=O) groups excluding carboxylic acids is 1. The molecule has 0 spiro atoms. The first kappa shape index (κ1) is 13.6. The summed E-state index contributed by atoms with van der Waals surface area (Å²) < 4.78 is 31.7. The lowest BCUT2D eigenvalue weighted by molar-refractivity contribution is -0.0426. The average molecular weight is 299 g/mol. The molecule has 1 heterocycles. The third-order valence-electron chi connectivity index (χ3n) is 3.83. The molecular weight excluding hydrogens is 286 g/mol. The molecule has 0 bridgehead atoms. The summed E-state index contributed by atoms with van der Waals surface area (Å²) in [5, 5.41) is 1.19. The zero-order chi connectivity index (χ0) is 14.3. The largest absolute Gasteiger partial charge is 0.451 e. The van der Waals surface area contributed by atoms with Gasteiger partial charge in [-0.05, 0) is 25.0 Å². The number of hydrogen-bond donors (Lipinski definition) is 0. The van der Waals surface area contributed by atoms with E-state index in [4.69, 9.17) is 16.0 Å². The van der Waals surface area contributed by atoms with Gasteiger partial charge in [0.05, 0.1) is 5.02 Å². The molecule has 20 heavy (non-hydrogen) atoms. The second-order valence-electron chi connectivity index (χ2n) is 5.26. The van der Waals surface area contributed by atoms with Gasteiger partial charge in [0.25, 0.3) is 0 Å². The first-order valence-corrected chi connectivity index (χ1v) is 6.94. The smallest absolute Gasteiger partial charge is 0.248 e. The summed E-state index contributed by atoms with van der Waals surface area (Å²) in [4.78, 5) is 12.3. The number of rotatable bonds is 2. The quantitative estimate of drug-likeness (QED) is 0.722. The molecule has 0 N–H and O–H groups in total. The number of hydrogen-bond acceptors (Lipinski definition) is 2. The Bertz CT molecular complexity index is 653. The highest BCUT2D eigenvalue weighted by atomic mass is 35.5. The maximum absolute atomic E-state index is 13.1. The molecule has 0 saturated heterocycles. The fourth-order valence-electron chi connectivity index (χ4n) is 2.65. The normalized spacial score (nSPS) is 19.4. The van der Waals surface area contributed by atoms with Gasteiger partial charge in [-0.1, -0.05) is 23.7 Å². The van der Waals surface area contributed by atoms with Gasteiger partial charge in [0, 0.05) is 24.1 Å². The second-order valence-corrected chi connectivity index (χ2v) is 5.67. The van der Waals surface area contributed by atoms with E-state index in [9.17, 15) is 13.6 Å². The van der Waals surface area contributed by atoms with E-state index in [2.05, 4.69) is 0 Å². The molecule has 1 aromatic carbocycles. The van der Waals surface area contributed by atoms with Crippen LogP contribution in [0, 0.1) is 5.92 Å². The Hall–Kier alpha value is -1.42. The van der Waals surface area contributed by atoms with Crippen molar-refractivity contribution in [1.82, 2.24) is 0 Å². The summed E-state index contributed by atoms with van der Waals surface area (Å²) in [5.41, 5.74) is 0.471. The molecule has 2 nitrogen and oxygen atoms in total. The van der Waals surface area contributed by atoms with Crippen molar-refractivity contribution >= 4 is 28.4 Å². The Morgan fingerprint density at radius 3 is 2.65 bits per heavy atom. The molecule has 1 saturated carbocycles. The van der Waals surface area contributed by atoms with Crippen molar-refractivity contribution in [1.29, 1.82) is 0 Å². The predicted molar refractivity (Wildman–Crippen MR) is 72.5 cm³/mol. The lowest BCUT2D eigenvalue weighted by Crippen LogP contribution is -2.28. The maximum Gasteiger partial charge on any atom is 0.248 e. The van der Waals surface area contributed by atoms with E-state index >= 15 is 0 Å². The van der Waals surface area contributed by atoms with Crippen LogP contribution in [0.15, 0.2) is 28.7 Å². The molecule has 5 heteroatoms. The van der Waals surface area contributed by atoms with Crippen molar-refractivity contribution in [2.45, 2.75) is 31.6 Å². The predicted octanol–water partition coefficient (Wildman–Crippen LogP) is 5.09. The second kappa shape index (κ2) is 4.85. The number of Topliss-reactive ketones (excluding diaryl/α,β-unsaturated/α-hetero) is 1. The van der Waals surface area contributed by atoms with Crippen molar-refractivity contribution < 1.29 is 18.0 Å². The van der Waals surface area contributed by atoms with Gasteiger partial charge in [0.1, 0.15) is 0 Å². The standard InChI is InChI=1S/C15H13ClF2O2/c16-11-3-1-2-10-8-12(20-14(10)11)13(19)9-4-6-15(17,18)7-5-9/h1-3,8-9H,4-7H2. The first-order valence-electron chi connectivity index (χ1n) is 6.56. The van der Waals surface area contributed by atoms with Crippen molar-refractivity contribution in [3.8, 4) is 0 Å². The van der Waals surface area contributed by atoms with Crippen molar-refractivity contribution in [3.63, 3.8) is 0 Å². The molecule has 1 aliphatic rings. The van der Waals surface area contributed by atoms with Crippen molar-refractivity contribution in [2.24, 2.45) is 5.92 Å². The summed E-state index contributed by atoms with van der Waals surface area (Å²) in [6, 6.07) is 6.89. The highest BCUT2D eigenvalue weighted by Crippen LogP contribution is 2.38.